The molecule has 5 rings (SSSR count). The molecule has 0 aliphatic heterocycles. The lowest BCUT2D eigenvalue weighted by molar-refractivity contribution is 0.659. The van der Waals surface area contributed by atoms with Gasteiger partial charge in [0, 0.05) is 21.8 Å². The summed E-state index contributed by atoms with van der Waals surface area (Å²) < 4.78 is 3.49. The maximum absolute atomic E-state index is 13.5. The van der Waals surface area contributed by atoms with E-state index in [1.54, 1.807) is 22.5 Å². The predicted molar refractivity (Wildman–Crippen MR) is 128 cm³/mol. The fourth-order valence-corrected chi connectivity index (χ4v) is 5.74. The smallest absolute Gasteiger partial charge is 0.272 e. The number of nitrogens with zero attached hydrogens (tertiary/aromatic N) is 3. The summed E-state index contributed by atoms with van der Waals surface area (Å²) >= 11 is 6.53. The maximum atomic E-state index is 13.5. The van der Waals surface area contributed by atoms with E-state index in [2.05, 4.69) is 33.0 Å². The Morgan fingerprint density at radius 2 is 1.83 bits per heavy atom. The molecule has 7 heteroatoms. The molecule has 2 aromatic carbocycles. The van der Waals surface area contributed by atoms with Crippen molar-refractivity contribution in [3.05, 3.63) is 98.9 Å². The molecule has 0 amide bonds. The van der Waals surface area contributed by atoms with E-state index < -0.39 is 0 Å². The van der Waals surface area contributed by atoms with Crippen molar-refractivity contribution in [2.24, 2.45) is 0 Å². The molecule has 0 atom stereocenters. The third-order valence-corrected chi connectivity index (χ3v) is 7.39. The highest BCUT2D eigenvalue weighted by Gasteiger charge is 2.17. The van der Waals surface area contributed by atoms with Crippen LogP contribution < -0.4 is 5.56 Å². The van der Waals surface area contributed by atoms with E-state index in [0.29, 0.717) is 11.2 Å². The molecule has 0 radical (unpaired) electrons. The second kappa shape index (κ2) is 8.34. The average molecular weight is 494 g/mol. The van der Waals surface area contributed by atoms with Gasteiger partial charge in [-0.15, -0.1) is 11.3 Å². The molecule has 0 fully saturated rings. The van der Waals surface area contributed by atoms with Gasteiger partial charge in [0.05, 0.1) is 12.1 Å². The van der Waals surface area contributed by atoms with Crippen LogP contribution in [-0.2, 0) is 12.3 Å². The van der Waals surface area contributed by atoms with Crippen LogP contribution in [-0.4, -0.2) is 14.5 Å². The maximum Gasteiger partial charge on any atom is 0.272 e. The summed E-state index contributed by atoms with van der Waals surface area (Å²) in [6, 6.07) is 22.1. The molecule has 5 aromatic rings. The standard InChI is InChI=1S/C23H16BrN3OS2/c24-17-9-4-8-16(12-17)14-29-23-26-19-18-10-5-11-25-21(18)30-20(19)22(28)27(23)13-15-6-2-1-3-7-15/h1-12H,13-14H2. The van der Waals surface area contributed by atoms with Crippen molar-refractivity contribution in [1.82, 2.24) is 14.5 Å². The van der Waals surface area contributed by atoms with Gasteiger partial charge in [-0.3, -0.25) is 9.36 Å². The Hall–Kier alpha value is -2.48. The third-order valence-electron chi connectivity index (χ3n) is 4.76. The minimum Gasteiger partial charge on any atom is -0.282 e. The second-order valence-electron chi connectivity index (χ2n) is 6.83. The number of thioether (sulfide) groups is 1. The van der Waals surface area contributed by atoms with Crippen molar-refractivity contribution < 1.29 is 0 Å². The zero-order valence-electron chi connectivity index (χ0n) is 15.8. The van der Waals surface area contributed by atoms with Gasteiger partial charge in [0.2, 0.25) is 0 Å². The molecule has 0 aliphatic rings. The number of thiophene rings is 1. The van der Waals surface area contributed by atoms with Gasteiger partial charge < -0.3 is 0 Å². The molecular weight excluding hydrogens is 478 g/mol. The number of fused-ring (bicyclic) bond motifs is 3. The van der Waals surface area contributed by atoms with Gasteiger partial charge in [0.25, 0.3) is 5.56 Å². The first kappa shape index (κ1) is 19.5. The van der Waals surface area contributed by atoms with Crippen LogP contribution in [0.15, 0.2) is 87.4 Å². The number of aromatic nitrogens is 3. The van der Waals surface area contributed by atoms with Crippen molar-refractivity contribution in [2.45, 2.75) is 17.5 Å². The summed E-state index contributed by atoms with van der Waals surface area (Å²) in [5.74, 6) is 0.729. The van der Waals surface area contributed by atoms with Crippen LogP contribution in [0.2, 0.25) is 0 Å². The number of rotatable bonds is 5. The Labute approximate surface area is 189 Å². The van der Waals surface area contributed by atoms with Crippen LogP contribution in [0.3, 0.4) is 0 Å². The second-order valence-corrected chi connectivity index (χ2v) is 9.68. The van der Waals surface area contributed by atoms with Crippen molar-refractivity contribution in [3.63, 3.8) is 0 Å². The molecule has 30 heavy (non-hydrogen) atoms. The molecular formula is C23H16BrN3OS2. The van der Waals surface area contributed by atoms with Crippen LogP contribution in [0.1, 0.15) is 11.1 Å². The number of hydrogen-bond acceptors (Lipinski definition) is 5. The van der Waals surface area contributed by atoms with E-state index in [9.17, 15) is 4.79 Å². The van der Waals surface area contributed by atoms with Gasteiger partial charge in [0.15, 0.2) is 5.16 Å². The highest BCUT2D eigenvalue weighted by atomic mass is 79.9. The highest BCUT2D eigenvalue weighted by Crippen LogP contribution is 2.31. The van der Waals surface area contributed by atoms with Crippen molar-refractivity contribution >= 4 is 59.5 Å². The van der Waals surface area contributed by atoms with E-state index in [-0.39, 0.29) is 5.56 Å². The number of pyridine rings is 1. The van der Waals surface area contributed by atoms with Gasteiger partial charge in [-0.05, 0) is 35.4 Å². The molecule has 3 aromatic heterocycles. The summed E-state index contributed by atoms with van der Waals surface area (Å²) in [7, 11) is 0. The average Bonchev–Trinajstić information content (AvgIpc) is 3.14. The molecule has 148 valence electrons. The normalized spacial score (nSPS) is 11.4. The minimum absolute atomic E-state index is 0.0106. The molecule has 3 heterocycles. The monoisotopic (exact) mass is 493 g/mol. The quantitative estimate of drug-likeness (QED) is 0.219. The van der Waals surface area contributed by atoms with E-state index in [1.807, 2.05) is 54.6 Å². The Morgan fingerprint density at radius 1 is 1.00 bits per heavy atom. The first-order valence-corrected chi connectivity index (χ1v) is 12.0. The third kappa shape index (κ3) is 3.80. The summed E-state index contributed by atoms with van der Waals surface area (Å²) in [6.07, 6.45) is 1.75. The van der Waals surface area contributed by atoms with Crippen LogP contribution in [0.5, 0.6) is 0 Å². The number of halogens is 1. The van der Waals surface area contributed by atoms with Crippen molar-refractivity contribution in [2.75, 3.05) is 0 Å². The SMILES string of the molecule is O=c1c2sc3ncccc3c2nc(SCc2cccc(Br)c2)n1Cc1ccccc1. The zero-order valence-corrected chi connectivity index (χ0v) is 19.0. The van der Waals surface area contributed by atoms with Crippen LogP contribution in [0.4, 0.5) is 0 Å². The summed E-state index contributed by atoms with van der Waals surface area (Å²) in [5, 5.41) is 1.66. The first-order chi connectivity index (χ1) is 14.7. The molecule has 0 bridgehead atoms. The van der Waals surface area contributed by atoms with Crippen LogP contribution in [0.25, 0.3) is 20.4 Å². The molecule has 0 spiro atoms. The topological polar surface area (TPSA) is 47.8 Å². The van der Waals surface area contributed by atoms with Gasteiger partial charge in [-0.1, -0.05) is 70.2 Å². The van der Waals surface area contributed by atoms with E-state index in [0.717, 1.165) is 36.7 Å². The lowest BCUT2D eigenvalue weighted by Gasteiger charge is -2.12. The Kier molecular flexibility index (Phi) is 5.41. The van der Waals surface area contributed by atoms with Crippen LogP contribution >= 0.6 is 39.0 Å². The number of hydrogen-bond donors (Lipinski definition) is 0. The molecule has 0 unspecified atom stereocenters. The Morgan fingerprint density at radius 3 is 2.67 bits per heavy atom. The molecule has 0 saturated carbocycles. The lowest BCUT2D eigenvalue weighted by atomic mass is 10.2. The molecule has 0 N–H and O–H groups in total. The largest absolute Gasteiger partial charge is 0.282 e. The van der Waals surface area contributed by atoms with E-state index in [1.165, 1.54) is 16.9 Å². The Bertz CT molecular complexity index is 1410. The summed E-state index contributed by atoms with van der Waals surface area (Å²) in [6.45, 7) is 0.491. The fraction of sp³-hybridized carbons (Fsp3) is 0.0870. The molecule has 0 saturated heterocycles. The lowest BCUT2D eigenvalue weighted by Crippen LogP contribution is -2.23. The van der Waals surface area contributed by atoms with Gasteiger partial charge in [-0.2, -0.15) is 0 Å². The zero-order chi connectivity index (χ0) is 20.5. The Balaban J connectivity index is 1.64. The van der Waals surface area contributed by atoms with Crippen molar-refractivity contribution in [3.8, 4) is 0 Å². The van der Waals surface area contributed by atoms with Gasteiger partial charge in [-0.25, -0.2) is 9.97 Å². The predicted octanol–water partition coefficient (Wildman–Crippen LogP) is 6.11. The van der Waals surface area contributed by atoms with Gasteiger partial charge >= 0.3 is 0 Å². The molecule has 4 nitrogen and oxygen atoms in total. The fourth-order valence-electron chi connectivity index (χ4n) is 3.33. The number of benzene rings is 2. The van der Waals surface area contributed by atoms with Crippen LogP contribution in [0, 0.1) is 0 Å². The summed E-state index contributed by atoms with van der Waals surface area (Å²) in [4.78, 5) is 23.7. The van der Waals surface area contributed by atoms with Gasteiger partial charge in [0.1, 0.15) is 9.53 Å². The van der Waals surface area contributed by atoms with E-state index >= 15 is 0 Å². The summed E-state index contributed by atoms with van der Waals surface area (Å²) in [5.41, 5.74) is 2.98. The van der Waals surface area contributed by atoms with Crippen molar-refractivity contribution in [1.29, 1.82) is 0 Å². The minimum atomic E-state index is -0.0106. The first-order valence-electron chi connectivity index (χ1n) is 9.38. The highest BCUT2D eigenvalue weighted by molar-refractivity contribution is 9.10. The van der Waals surface area contributed by atoms with E-state index in [4.69, 9.17) is 4.98 Å². The molecule has 0 aliphatic carbocycles.